The number of halogens is 1. The number of carbonyl (C=O) groups is 2. The Bertz CT molecular complexity index is 1190. The number of primary amides is 1. The van der Waals surface area contributed by atoms with E-state index in [0.717, 1.165) is 11.0 Å². The van der Waals surface area contributed by atoms with Crippen molar-refractivity contribution < 1.29 is 9.59 Å². The quantitative estimate of drug-likeness (QED) is 0.524. The first-order chi connectivity index (χ1) is 13.5. The summed E-state index contributed by atoms with van der Waals surface area (Å²) in [6.45, 7) is 0.0442. The fraction of sp³-hybridized carbons (Fsp3) is 0.0526. The van der Waals surface area contributed by atoms with E-state index in [1.807, 2.05) is 34.2 Å². The van der Waals surface area contributed by atoms with Crippen molar-refractivity contribution in [3.63, 3.8) is 0 Å². The molecule has 0 aliphatic heterocycles. The van der Waals surface area contributed by atoms with Gasteiger partial charge in [0.1, 0.15) is 12.2 Å². The lowest BCUT2D eigenvalue weighted by Crippen LogP contribution is -2.19. The molecule has 28 heavy (non-hydrogen) atoms. The monoisotopic (exact) mass is 411 g/mol. The number of imidazole rings is 1. The highest BCUT2D eigenvalue weighted by atomic mass is 35.5. The highest BCUT2D eigenvalue weighted by Gasteiger charge is 2.17. The SMILES string of the molecule is NC(=O)c1ccc(NC(=O)Cn2c(-c3cscn3)nc3ccccc32)cc1Cl. The minimum Gasteiger partial charge on any atom is -0.366 e. The molecule has 0 bridgehead atoms. The van der Waals surface area contributed by atoms with E-state index in [0.29, 0.717) is 17.2 Å². The van der Waals surface area contributed by atoms with Gasteiger partial charge in [0.05, 0.1) is 27.1 Å². The summed E-state index contributed by atoms with van der Waals surface area (Å²) in [5.41, 5.74) is 9.97. The maximum Gasteiger partial charge on any atom is 0.250 e. The molecule has 0 saturated carbocycles. The van der Waals surface area contributed by atoms with Crippen LogP contribution in [0.4, 0.5) is 5.69 Å². The van der Waals surface area contributed by atoms with Crippen LogP contribution in [0, 0.1) is 0 Å². The first-order valence-corrected chi connectivity index (χ1v) is 9.58. The van der Waals surface area contributed by atoms with Gasteiger partial charge in [-0.3, -0.25) is 9.59 Å². The average molecular weight is 412 g/mol. The Morgan fingerprint density at radius 1 is 1.21 bits per heavy atom. The molecule has 140 valence electrons. The molecule has 9 heteroatoms. The Labute approximate surface area is 168 Å². The molecule has 0 saturated heterocycles. The van der Waals surface area contributed by atoms with E-state index in [4.69, 9.17) is 17.3 Å². The molecule has 0 fully saturated rings. The molecule has 2 amide bonds. The average Bonchev–Trinajstić information content (AvgIpc) is 3.30. The number of amides is 2. The smallest absolute Gasteiger partial charge is 0.250 e. The van der Waals surface area contributed by atoms with Crippen LogP contribution in [0.1, 0.15) is 10.4 Å². The van der Waals surface area contributed by atoms with Crippen molar-refractivity contribution >= 4 is 51.5 Å². The summed E-state index contributed by atoms with van der Waals surface area (Å²) < 4.78 is 1.82. The number of thiazole rings is 1. The summed E-state index contributed by atoms with van der Waals surface area (Å²) in [5, 5.41) is 4.85. The van der Waals surface area contributed by atoms with Crippen molar-refractivity contribution in [3.8, 4) is 11.5 Å². The second-order valence-corrected chi connectivity index (χ2v) is 7.12. The van der Waals surface area contributed by atoms with Gasteiger partial charge in [0, 0.05) is 11.1 Å². The molecule has 7 nitrogen and oxygen atoms in total. The minimum atomic E-state index is -0.624. The predicted molar refractivity (Wildman–Crippen MR) is 109 cm³/mol. The van der Waals surface area contributed by atoms with Crippen molar-refractivity contribution in [1.82, 2.24) is 14.5 Å². The Kier molecular flexibility index (Phi) is 4.81. The summed E-state index contributed by atoms with van der Waals surface area (Å²) in [6, 6.07) is 12.1. The summed E-state index contributed by atoms with van der Waals surface area (Å²) in [6.07, 6.45) is 0. The van der Waals surface area contributed by atoms with E-state index in [9.17, 15) is 9.59 Å². The number of para-hydroxylation sites is 2. The van der Waals surface area contributed by atoms with Gasteiger partial charge in [0.15, 0.2) is 5.82 Å². The second kappa shape index (κ2) is 7.41. The third kappa shape index (κ3) is 3.47. The Morgan fingerprint density at radius 2 is 2.04 bits per heavy atom. The number of anilines is 1. The van der Waals surface area contributed by atoms with E-state index < -0.39 is 5.91 Å². The lowest BCUT2D eigenvalue weighted by molar-refractivity contribution is -0.116. The first-order valence-electron chi connectivity index (χ1n) is 8.26. The number of carbonyl (C=O) groups excluding carboxylic acids is 2. The standard InChI is InChI=1S/C19H14ClN5O2S/c20-13-7-11(5-6-12(13)18(21)27)23-17(26)8-25-16-4-2-1-3-14(16)24-19(25)15-9-28-10-22-15/h1-7,9-10H,8H2,(H2,21,27)(H,23,26). The third-order valence-electron chi connectivity index (χ3n) is 4.14. The molecule has 0 unspecified atom stereocenters. The molecule has 2 heterocycles. The number of fused-ring (bicyclic) bond motifs is 1. The molecular formula is C19H14ClN5O2S. The van der Waals surface area contributed by atoms with Crippen LogP contribution in [0.3, 0.4) is 0 Å². The van der Waals surface area contributed by atoms with Gasteiger partial charge in [-0.25, -0.2) is 9.97 Å². The van der Waals surface area contributed by atoms with Crippen LogP contribution in [-0.2, 0) is 11.3 Å². The number of rotatable bonds is 5. The second-order valence-electron chi connectivity index (χ2n) is 5.99. The van der Waals surface area contributed by atoms with Crippen molar-refractivity contribution in [2.45, 2.75) is 6.54 Å². The Hall–Kier alpha value is -3.23. The Morgan fingerprint density at radius 3 is 2.75 bits per heavy atom. The van der Waals surface area contributed by atoms with E-state index in [-0.39, 0.29) is 23.0 Å². The van der Waals surface area contributed by atoms with E-state index >= 15 is 0 Å². The van der Waals surface area contributed by atoms with Crippen LogP contribution in [0.5, 0.6) is 0 Å². The van der Waals surface area contributed by atoms with E-state index in [1.165, 1.54) is 23.5 Å². The molecular weight excluding hydrogens is 398 g/mol. The number of hydrogen-bond acceptors (Lipinski definition) is 5. The third-order valence-corrected chi connectivity index (χ3v) is 5.04. The number of benzene rings is 2. The van der Waals surface area contributed by atoms with Crippen molar-refractivity contribution in [2.24, 2.45) is 5.73 Å². The van der Waals surface area contributed by atoms with Crippen LogP contribution < -0.4 is 11.1 Å². The molecule has 2 aromatic carbocycles. The van der Waals surface area contributed by atoms with Crippen molar-refractivity contribution in [2.75, 3.05) is 5.32 Å². The molecule has 2 aromatic heterocycles. The van der Waals surface area contributed by atoms with Crippen LogP contribution in [-0.4, -0.2) is 26.3 Å². The summed E-state index contributed by atoms with van der Waals surface area (Å²) in [4.78, 5) is 32.9. The zero-order chi connectivity index (χ0) is 19.7. The summed E-state index contributed by atoms with van der Waals surface area (Å²) >= 11 is 7.51. The van der Waals surface area contributed by atoms with E-state index in [1.54, 1.807) is 11.6 Å². The Balaban J connectivity index is 1.63. The highest BCUT2D eigenvalue weighted by Crippen LogP contribution is 2.25. The van der Waals surface area contributed by atoms with Gasteiger partial charge in [0.2, 0.25) is 11.8 Å². The maximum atomic E-state index is 12.7. The lowest BCUT2D eigenvalue weighted by atomic mass is 10.2. The molecule has 0 radical (unpaired) electrons. The zero-order valence-electron chi connectivity index (χ0n) is 14.4. The number of aromatic nitrogens is 3. The van der Waals surface area contributed by atoms with Crippen molar-refractivity contribution in [1.29, 1.82) is 0 Å². The first kappa shape index (κ1) is 18.1. The lowest BCUT2D eigenvalue weighted by Gasteiger charge is -2.10. The van der Waals surface area contributed by atoms with Crippen LogP contribution in [0.25, 0.3) is 22.6 Å². The van der Waals surface area contributed by atoms with E-state index in [2.05, 4.69) is 15.3 Å². The van der Waals surface area contributed by atoms with Gasteiger partial charge in [-0.05, 0) is 30.3 Å². The van der Waals surface area contributed by atoms with Crippen LogP contribution in [0.15, 0.2) is 53.4 Å². The topological polar surface area (TPSA) is 103 Å². The maximum absolute atomic E-state index is 12.7. The fourth-order valence-corrected chi connectivity index (χ4v) is 3.69. The number of hydrogen-bond donors (Lipinski definition) is 2. The van der Waals surface area contributed by atoms with Gasteiger partial charge in [-0.2, -0.15) is 0 Å². The molecule has 0 aliphatic carbocycles. The summed E-state index contributed by atoms with van der Waals surface area (Å²) in [5.74, 6) is -0.261. The van der Waals surface area contributed by atoms with Crippen LogP contribution >= 0.6 is 22.9 Å². The zero-order valence-corrected chi connectivity index (χ0v) is 16.0. The number of nitrogens with two attached hydrogens (primary N) is 1. The summed E-state index contributed by atoms with van der Waals surface area (Å²) in [7, 11) is 0. The molecule has 0 aliphatic rings. The van der Waals surface area contributed by atoms with Gasteiger partial charge < -0.3 is 15.6 Å². The normalized spacial score (nSPS) is 10.9. The van der Waals surface area contributed by atoms with Gasteiger partial charge in [-0.15, -0.1) is 11.3 Å². The highest BCUT2D eigenvalue weighted by molar-refractivity contribution is 7.07. The molecule has 4 rings (SSSR count). The molecule has 4 aromatic rings. The number of nitrogens with one attached hydrogen (secondary N) is 1. The minimum absolute atomic E-state index is 0.0442. The molecule has 3 N–H and O–H groups in total. The van der Waals surface area contributed by atoms with Gasteiger partial charge in [0.25, 0.3) is 0 Å². The molecule has 0 atom stereocenters. The van der Waals surface area contributed by atoms with Gasteiger partial charge >= 0.3 is 0 Å². The predicted octanol–water partition coefficient (Wildman–Crippen LogP) is 3.55. The van der Waals surface area contributed by atoms with Crippen LogP contribution in [0.2, 0.25) is 5.02 Å². The fourth-order valence-electron chi connectivity index (χ4n) is 2.89. The largest absolute Gasteiger partial charge is 0.366 e. The van der Waals surface area contributed by atoms with Crippen molar-refractivity contribution in [3.05, 3.63) is 63.9 Å². The van der Waals surface area contributed by atoms with Gasteiger partial charge in [-0.1, -0.05) is 23.7 Å². The number of nitrogens with zero attached hydrogens (tertiary/aromatic N) is 3. The molecule has 0 spiro atoms.